The predicted octanol–water partition coefficient (Wildman–Crippen LogP) is 1.71. The number of carbonyl (C=O) groups excluding carboxylic acids is 1. The van der Waals surface area contributed by atoms with Crippen molar-refractivity contribution in [2.24, 2.45) is 0 Å². The van der Waals surface area contributed by atoms with E-state index < -0.39 is 0 Å². The van der Waals surface area contributed by atoms with Gasteiger partial charge in [0.05, 0.1) is 6.54 Å². The maximum absolute atomic E-state index is 11.6. The molecule has 1 amide bonds. The van der Waals surface area contributed by atoms with E-state index in [0.717, 1.165) is 18.0 Å². The van der Waals surface area contributed by atoms with Crippen LogP contribution < -0.4 is 0 Å². The van der Waals surface area contributed by atoms with Crippen molar-refractivity contribution in [1.29, 1.82) is 0 Å². The number of amides is 1. The van der Waals surface area contributed by atoms with Gasteiger partial charge < -0.3 is 4.90 Å². The number of halogens is 1. The van der Waals surface area contributed by atoms with Gasteiger partial charge in [0.2, 0.25) is 5.91 Å². The van der Waals surface area contributed by atoms with Gasteiger partial charge in [-0.05, 0) is 6.54 Å². The minimum absolute atomic E-state index is 0.109. The van der Waals surface area contributed by atoms with Gasteiger partial charge in [-0.3, -0.25) is 9.69 Å². The van der Waals surface area contributed by atoms with Gasteiger partial charge in [0, 0.05) is 31.7 Å². The van der Waals surface area contributed by atoms with Crippen molar-refractivity contribution in [3.63, 3.8) is 0 Å². The Kier molecular flexibility index (Phi) is 5.18. The molecule has 16 heavy (non-hydrogen) atoms. The second kappa shape index (κ2) is 6.18. The Bertz CT molecular complexity index is 354. The van der Waals surface area contributed by atoms with Gasteiger partial charge >= 0.3 is 0 Å². The predicted molar refractivity (Wildman–Crippen MR) is 66.8 cm³/mol. The summed E-state index contributed by atoms with van der Waals surface area (Å²) in [6, 6.07) is 0. The molecule has 1 aromatic rings. The number of nitrogens with zero attached hydrogens (tertiary/aromatic N) is 3. The molecule has 0 fully saturated rings. The van der Waals surface area contributed by atoms with Crippen molar-refractivity contribution in [3.8, 4) is 0 Å². The third-order valence-electron chi connectivity index (χ3n) is 2.21. The molecule has 1 heterocycles. The highest BCUT2D eigenvalue weighted by Crippen LogP contribution is 2.19. The fourth-order valence-electron chi connectivity index (χ4n) is 1.19. The number of aromatic nitrogens is 1. The molecule has 0 N–H and O–H groups in total. The lowest BCUT2D eigenvalue weighted by Gasteiger charge is -2.20. The van der Waals surface area contributed by atoms with Crippen molar-refractivity contribution in [1.82, 2.24) is 14.8 Å². The van der Waals surface area contributed by atoms with Crippen molar-refractivity contribution >= 4 is 28.8 Å². The Balaban J connectivity index is 2.52. The van der Waals surface area contributed by atoms with Crippen LogP contribution in [0, 0.1) is 0 Å². The molecule has 0 saturated heterocycles. The molecule has 0 aliphatic heterocycles. The van der Waals surface area contributed by atoms with Crippen LogP contribution in [0.5, 0.6) is 0 Å². The zero-order valence-electron chi connectivity index (χ0n) is 9.73. The first-order chi connectivity index (χ1) is 7.52. The molecule has 1 aromatic heterocycles. The van der Waals surface area contributed by atoms with E-state index in [2.05, 4.69) is 9.88 Å². The summed E-state index contributed by atoms with van der Waals surface area (Å²) < 4.78 is 0.546. The van der Waals surface area contributed by atoms with Crippen LogP contribution in [-0.2, 0) is 11.3 Å². The van der Waals surface area contributed by atoms with E-state index in [4.69, 9.17) is 11.6 Å². The van der Waals surface area contributed by atoms with Crippen LogP contribution in [0.15, 0.2) is 6.20 Å². The third-order valence-corrected chi connectivity index (χ3v) is 3.31. The first kappa shape index (κ1) is 13.4. The third kappa shape index (κ3) is 4.08. The first-order valence-corrected chi connectivity index (χ1v) is 6.25. The van der Waals surface area contributed by atoms with Crippen molar-refractivity contribution < 1.29 is 4.79 Å². The van der Waals surface area contributed by atoms with Gasteiger partial charge in [-0.15, -0.1) is 11.3 Å². The van der Waals surface area contributed by atoms with Crippen molar-refractivity contribution in [2.75, 3.05) is 27.2 Å². The molecular formula is C10H16ClN3OS. The summed E-state index contributed by atoms with van der Waals surface area (Å²) in [7, 11) is 3.53. The molecule has 0 radical (unpaired) electrons. The Morgan fingerprint density at radius 2 is 2.25 bits per heavy atom. The molecule has 0 aliphatic carbocycles. The molecule has 0 aliphatic rings. The molecule has 0 aromatic carbocycles. The number of hydrogen-bond acceptors (Lipinski definition) is 4. The Morgan fingerprint density at radius 3 is 2.69 bits per heavy atom. The normalized spacial score (nSPS) is 10.8. The highest BCUT2D eigenvalue weighted by molar-refractivity contribution is 7.15. The summed E-state index contributed by atoms with van der Waals surface area (Å²) in [5.74, 6) is 0.109. The van der Waals surface area contributed by atoms with Gasteiger partial charge in [0.15, 0.2) is 4.47 Å². The largest absolute Gasteiger partial charge is 0.348 e. The summed E-state index contributed by atoms with van der Waals surface area (Å²) in [6.45, 7) is 4.01. The van der Waals surface area contributed by atoms with Gasteiger partial charge in [0.25, 0.3) is 0 Å². The molecule has 0 unspecified atom stereocenters. The van der Waals surface area contributed by atoms with Crippen LogP contribution in [0.2, 0.25) is 4.47 Å². The fraction of sp³-hybridized carbons (Fsp3) is 0.600. The van der Waals surface area contributed by atoms with Crippen LogP contribution in [0.3, 0.4) is 0 Å². The van der Waals surface area contributed by atoms with E-state index >= 15 is 0 Å². The second-order valence-corrected chi connectivity index (χ2v) is 5.37. The fourth-order valence-corrected chi connectivity index (χ4v) is 2.21. The Morgan fingerprint density at radius 1 is 1.56 bits per heavy atom. The molecule has 90 valence electrons. The smallest absolute Gasteiger partial charge is 0.236 e. The van der Waals surface area contributed by atoms with Crippen molar-refractivity contribution in [3.05, 3.63) is 15.5 Å². The van der Waals surface area contributed by atoms with Crippen LogP contribution in [-0.4, -0.2) is 47.9 Å². The zero-order chi connectivity index (χ0) is 12.1. The molecule has 6 heteroatoms. The number of rotatable bonds is 5. The lowest BCUT2D eigenvalue weighted by Crippen LogP contribution is -2.36. The van der Waals surface area contributed by atoms with Gasteiger partial charge in [-0.2, -0.15) is 0 Å². The van der Waals surface area contributed by atoms with E-state index in [1.807, 2.05) is 6.92 Å². The lowest BCUT2D eigenvalue weighted by atomic mass is 10.4. The van der Waals surface area contributed by atoms with E-state index in [0.29, 0.717) is 11.0 Å². The average Bonchev–Trinajstić information content (AvgIpc) is 2.62. The quantitative estimate of drug-likeness (QED) is 0.810. The molecule has 0 bridgehead atoms. The topological polar surface area (TPSA) is 36.4 Å². The standard InChI is InChI=1S/C10H16ClN3OS/c1-4-14(7-9(15)13(2)3)6-8-5-12-10(11)16-8/h5H,4,6-7H2,1-3H3. The van der Waals surface area contributed by atoms with E-state index in [-0.39, 0.29) is 5.91 Å². The van der Waals surface area contributed by atoms with Crippen LogP contribution in [0.1, 0.15) is 11.8 Å². The highest BCUT2D eigenvalue weighted by Gasteiger charge is 2.12. The minimum Gasteiger partial charge on any atom is -0.348 e. The SMILES string of the molecule is CCN(CC(=O)N(C)C)Cc1cnc(Cl)s1. The lowest BCUT2D eigenvalue weighted by molar-refractivity contribution is -0.130. The Hall–Kier alpha value is -0.650. The van der Waals surface area contributed by atoms with E-state index in [9.17, 15) is 4.79 Å². The van der Waals surface area contributed by atoms with Gasteiger partial charge in [0.1, 0.15) is 0 Å². The molecule has 0 spiro atoms. The first-order valence-electron chi connectivity index (χ1n) is 5.05. The van der Waals surface area contributed by atoms with E-state index in [1.165, 1.54) is 11.3 Å². The summed E-state index contributed by atoms with van der Waals surface area (Å²) >= 11 is 7.21. The number of carbonyl (C=O) groups is 1. The van der Waals surface area contributed by atoms with Gasteiger partial charge in [-0.1, -0.05) is 18.5 Å². The van der Waals surface area contributed by atoms with E-state index in [1.54, 1.807) is 25.2 Å². The number of likely N-dealkylation sites (N-methyl/N-ethyl adjacent to an activating group) is 2. The summed E-state index contributed by atoms with van der Waals surface area (Å²) in [5, 5.41) is 0. The van der Waals surface area contributed by atoms with Crippen LogP contribution in [0.25, 0.3) is 0 Å². The molecule has 0 atom stereocenters. The van der Waals surface area contributed by atoms with Crippen LogP contribution >= 0.6 is 22.9 Å². The monoisotopic (exact) mass is 261 g/mol. The number of thiazole rings is 1. The average molecular weight is 262 g/mol. The molecule has 0 saturated carbocycles. The second-order valence-electron chi connectivity index (χ2n) is 3.67. The van der Waals surface area contributed by atoms with Gasteiger partial charge in [-0.25, -0.2) is 4.98 Å². The summed E-state index contributed by atoms with van der Waals surface area (Å²) in [6.07, 6.45) is 1.76. The minimum atomic E-state index is 0.109. The number of hydrogen-bond donors (Lipinski definition) is 0. The van der Waals surface area contributed by atoms with Crippen molar-refractivity contribution in [2.45, 2.75) is 13.5 Å². The molecule has 4 nitrogen and oxygen atoms in total. The zero-order valence-corrected chi connectivity index (χ0v) is 11.3. The molecular weight excluding hydrogens is 246 g/mol. The van der Waals surface area contributed by atoms with Crippen LogP contribution in [0.4, 0.5) is 0 Å². The maximum atomic E-state index is 11.6. The molecule has 1 rings (SSSR count). The summed E-state index contributed by atoms with van der Waals surface area (Å²) in [4.78, 5) is 20.3. The maximum Gasteiger partial charge on any atom is 0.236 e. The Labute approximate surface area is 105 Å². The summed E-state index contributed by atoms with van der Waals surface area (Å²) in [5.41, 5.74) is 0. The highest BCUT2D eigenvalue weighted by atomic mass is 35.5.